The highest BCUT2D eigenvalue weighted by molar-refractivity contribution is 5.91. The molecule has 0 fully saturated rings. The maximum absolute atomic E-state index is 9.14. The Kier molecular flexibility index (Phi) is 4.34. The van der Waals surface area contributed by atoms with Crippen LogP contribution in [0.2, 0.25) is 0 Å². The van der Waals surface area contributed by atoms with Crippen molar-refractivity contribution in [2.45, 2.75) is 13.5 Å². The van der Waals surface area contributed by atoms with Crippen LogP contribution in [-0.2, 0) is 6.54 Å². The van der Waals surface area contributed by atoms with Gasteiger partial charge in [-0.3, -0.25) is 0 Å². The van der Waals surface area contributed by atoms with Crippen LogP contribution in [-0.4, -0.2) is 16.6 Å². The fourth-order valence-electron chi connectivity index (χ4n) is 2.36. The summed E-state index contributed by atoms with van der Waals surface area (Å²) in [4.78, 5) is 8.48. The van der Waals surface area contributed by atoms with Gasteiger partial charge in [0.1, 0.15) is 11.8 Å². The van der Waals surface area contributed by atoms with E-state index in [4.69, 9.17) is 10.00 Å². The Morgan fingerprint density at radius 3 is 2.91 bits per heavy atom. The predicted molar refractivity (Wildman–Crippen MR) is 89.2 cm³/mol. The summed E-state index contributed by atoms with van der Waals surface area (Å²) >= 11 is 0. The van der Waals surface area contributed by atoms with Gasteiger partial charge in [0, 0.05) is 29.9 Å². The van der Waals surface area contributed by atoms with Crippen molar-refractivity contribution in [3.8, 4) is 11.9 Å². The van der Waals surface area contributed by atoms with Crippen molar-refractivity contribution < 1.29 is 4.74 Å². The first-order valence-corrected chi connectivity index (χ1v) is 7.41. The summed E-state index contributed by atoms with van der Waals surface area (Å²) in [6.07, 6.45) is 1.73. The third kappa shape index (κ3) is 3.38. The average molecular weight is 304 g/mol. The van der Waals surface area contributed by atoms with Crippen LogP contribution in [0.4, 0.5) is 5.69 Å². The zero-order chi connectivity index (χ0) is 16.1. The minimum absolute atomic E-state index is 0.399. The van der Waals surface area contributed by atoms with Crippen molar-refractivity contribution in [1.82, 2.24) is 9.97 Å². The highest BCUT2D eigenvalue weighted by atomic mass is 16.5. The summed E-state index contributed by atoms with van der Waals surface area (Å²) < 4.78 is 5.41. The van der Waals surface area contributed by atoms with E-state index in [0.29, 0.717) is 24.7 Å². The molecule has 0 atom stereocenters. The van der Waals surface area contributed by atoms with E-state index in [1.165, 1.54) is 0 Å². The van der Waals surface area contributed by atoms with E-state index in [-0.39, 0.29) is 0 Å². The van der Waals surface area contributed by atoms with E-state index in [2.05, 4.69) is 21.4 Å². The van der Waals surface area contributed by atoms with E-state index in [9.17, 15) is 0 Å². The van der Waals surface area contributed by atoms with Crippen molar-refractivity contribution in [2.75, 3.05) is 11.9 Å². The molecule has 1 N–H and O–H groups in total. The normalized spacial score (nSPS) is 10.3. The molecule has 0 spiro atoms. The average Bonchev–Trinajstić information content (AvgIpc) is 2.60. The number of hydrogen-bond donors (Lipinski definition) is 1. The number of pyridine rings is 2. The van der Waals surface area contributed by atoms with Gasteiger partial charge in [-0.15, -0.1) is 0 Å². The molecule has 0 saturated carbocycles. The van der Waals surface area contributed by atoms with Gasteiger partial charge in [-0.25, -0.2) is 9.97 Å². The van der Waals surface area contributed by atoms with E-state index < -0.39 is 0 Å². The van der Waals surface area contributed by atoms with Crippen LogP contribution in [0.15, 0.2) is 48.7 Å². The summed E-state index contributed by atoms with van der Waals surface area (Å²) in [6, 6.07) is 15.5. The SMILES string of the molecule is CCOc1cc(CNc2cc(C#N)nc3ccccc23)ccn1. The Morgan fingerprint density at radius 2 is 2.09 bits per heavy atom. The first kappa shape index (κ1) is 14.8. The smallest absolute Gasteiger partial charge is 0.213 e. The Bertz CT molecular complexity index is 870. The monoisotopic (exact) mass is 304 g/mol. The molecule has 2 aromatic heterocycles. The number of nitrogens with zero attached hydrogens (tertiary/aromatic N) is 3. The second kappa shape index (κ2) is 6.75. The second-order valence-corrected chi connectivity index (χ2v) is 4.97. The number of rotatable bonds is 5. The molecular weight excluding hydrogens is 288 g/mol. The molecule has 114 valence electrons. The third-order valence-corrected chi connectivity index (χ3v) is 3.41. The van der Waals surface area contributed by atoms with Gasteiger partial charge in [0.15, 0.2) is 0 Å². The lowest BCUT2D eigenvalue weighted by atomic mass is 10.1. The minimum atomic E-state index is 0.399. The highest BCUT2D eigenvalue weighted by Gasteiger charge is 2.06. The molecule has 0 saturated heterocycles. The second-order valence-electron chi connectivity index (χ2n) is 4.97. The van der Waals surface area contributed by atoms with Crippen LogP contribution in [0.1, 0.15) is 18.2 Å². The van der Waals surface area contributed by atoms with E-state index >= 15 is 0 Å². The van der Waals surface area contributed by atoms with Crippen molar-refractivity contribution in [3.63, 3.8) is 0 Å². The number of fused-ring (bicyclic) bond motifs is 1. The molecule has 0 aliphatic carbocycles. The highest BCUT2D eigenvalue weighted by Crippen LogP contribution is 2.23. The number of ether oxygens (including phenoxy) is 1. The van der Waals surface area contributed by atoms with Gasteiger partial charge >= 0.3 is 0 Å². The molecule has 5 heteroatoms. The Hall–Kier alpha value is -3.13. The molecule has 1 aromatic carbocycles. The molecule has 0 aliphatic rings. The largest absolute Gasteiger partial charge is 0.478 e. The molecule has 0 radical (unpaired) electrons. The van der Waals surface area contributed by atoms with E-state index in [0.717, 1.165) is 22.2 Å². The lowest BCUT2D eigenvalue weighted by Gasteiger charge is -2.11. The molecular formula is C18H16N4O. The fourth-order valence-corrected chi connectivity index (χ4v) is 2.36. The van der Waals surface area contributed by atoms with Crippen LogP contribution < -0.4 is 10.1 Å². The summed E-state index contributed by atoms with van der Waals surface area (Å²) in [5, 5.41) is 13.5. The molecule has 0 unspecified atom stereocenters. The first-order valence-electron chi connectivity index (χ1n) is 7.41. The number of nitrogens with one attached hydrogen (secondary N) is 1. The number of benzene rings is 1. The topological polar surface area (TPSA) is 70.8 Å². The summed E-state index contributed by atoms with van der Waals surface area (Å²) in [7, 11) is 0. The van der Waals surface area contributed by atoms with E-state index in [1.54, 1.807) is 12.3 Å². The molecule has 3 aromatic rings. The number of aromatic nitrogens is 2. The number of nitriles is 1. The summed E-state index contributed by atoms with van der Waals surface area (Å²) in [5.74, 6) is 0.615. The first-order chi connectivity index (χ1) is 11.3. The maximum Gasteiger partial charge on any atom is 0.213 e. The van der Waals surface area contributed by atoms with Crippen LogP contribution >= 0.6 is 0 Å². The molecule has 2 heterocycles. The van der Waals surface area contributed by atoms with Crippen LogP contribution in [0.3, 0.4) is 0 Å². The lowest BCUT2D eigenvalue weighted by Crippen LogP contribution is -2.03. The molecule has 5 nitrogen and oxygen atoms in total. The van der Waals surface area contributed by atoms with Gasteiger partial charge in [0.05, 0.1) is 12.1 Å². The summed E-state index contributed by atoms with van der Waals surface area (Å²) in [5.41, 5.74) is 3.15. The molecule has 3 rings (SSSR count). The van der Waals surface area contributed by atoms with Crippen LogP contribution in [0.25, 0.3) is 10.9 Å². The van der Waals surface area contributed by atoms with Crippen LogP contribution in [0.5, 0.6) is 5.88 Å². The van der Waals surface area contributed by atoms with Gasteiger partial charge in [-0.1, -0.05) is 18.2 Å². The van der Waals surface area contributed by atoms with E-state index in [1.807, 2.05) is 43.3 Å². The van der Waals surface area contributed by atoms with Crippen molar-refractivity contribution in [2.24, 2.45) is 0 Å². The number of hydrogen-bond acceptors (Lipinski definition) is 5. The third-order valence-electron chi connectivity index (χ3n) is 3.41. The Balaban J connectivity index is 1.87. The van der Waals surface area contributed by atoms with Gasteiger partial charge < -0.3 is 10.1 Å². The van der Waals surface area contributed by atoms with Gasteiger partial charge in [-0.05, 0) is 30.7 Å². The zero-order valence-electron chi connectivity index (χ0n) is 12.8. The molecule has 0 bridgehead atoms. The van der Waals surface area contributed by atoms with Gasteiger partial charge in [0.25, 0.3) is 0 Å². The standard InChI is InChI=1S/C18H16N4O/c1-2-23-18-9-13(7-8-20-18)12-21-17-10-14(11-19)22-16-6-4-3-5-15(16)17/h3-10H,2,12H2,1H3,(H,21,22). The van der Waals surface area contributed by atoms with Crippen LogP contribution in [0, 0.1) is 11.3 Å². The zero-order valence-corrected chi connectivity index (χ0v) is 12.8. The van der Waals surface area contributed by atoms with Crippen molar-refractivity contribution >= 4 is 16.6 Å². The molecule has 0 amide bonds. The maximum atomic E-state index is 9.14. The van der Waals surface area contributed by atoms with Crippen molar-refractivity contribution in [1.29, 1.82) is 5.26 Å². The number of para-hydroxylation sites is 1. The Labute approximate surface area is 134 Å². The molecule has 0 aliphatic heterocycles. The van der Waals surface area contributed by atoms with Crippen molar-refractivity contribution in [3.05, 3.63) is 59.9 Å². The fraction of sp³-hybridized carbons (Fsp3) is 0.167. The van der Waals surface area contributed by atoms with Gasteiger partial charge in [0.2, 0.25) is 5.88 Å². The van der Waals surface area contributed by atoms with Gasteiger partial charge in [-0.2, -0.15) is 5.26 Å². The molecule has 23 heavy (non-hydrogen) atoms. The predicted octanol–water partition coefficient (Wildman–Crippen LogP) is 3.51. The Morgan fingerprint density at radius 1 is 1.22 bits per heavy atom. The lowest BCUT2D eigenvalue weighted by molar-refractivity contribution is 0.326. The number of anilines is 1. The minimum Gasteiger partial charge on any atom is -0.478 e. The quantitative estimate of drug-likeness (QED) is 0.781. The summed E-state index contributed by atoms with van der Waals surface area (Å²) in [6.45, 7) is 3.13.